The normalized spacial score (nSPS) is 11.5. The number of ether oxygens (including phenoxy) is 1. The van der Waals surface area contributed by atoms with Crippen LogP contribution in [-0.2, 0) is 17.8 Å². The van der Waals surface area contributed by atoms with Crippen LogP contribution in [0.1, 0.15) is 42.9 Å². The van der Waals surface area contributed by atoms with Gasteiger partial charge in [-0.1, -0.05) is 44.2 Å². The zero-order valence-electron chi connectivity index (χ0n) is 15.3. The Balaban J connectivity index is 1.83. The third kappa shape index (κ3) is 7.29. The van der Waals surface area contributed by atoms with Gasteiger partial charge in [0.05, 0.1) is 0 Å². The lowest BCUT2D eigenvalue weighted by atomic mass is 10.0. The summed E-state index contributed by atoms with van der Waals surface area (Å²) in [6.07, 6.45) is -2.21. The molecule has 0 aliphatic rings. The van der Waals surface area contributed by atoms with Gasteiger partial charge in [-0.15, -0.1) is 0 Å². The molecule has 0 fully saturated rings. The molecule has 0 aliphatic heterocycles. The standard InChI is InChI=1S/C20H23F3N2O2/c1-14(2)16-8-5-15(6-9-16)7-10-18(26)25-12-17-4-3-11-24-19(17)27-13-20(21,22)23/h3-6,8-9,11,14H,7,10,12-13H2,1-2H3,(H,25,26). The van der Waals surface area contributed by atoms with Gasteiger partial charge >= 0.3 is 6.18 Å². The Morgan fingerprint density at radius 3 is 2.52 bits per heavy atom. The number of benzene rings is 1. The molecule has 146 valence electrons. The van der Waals surface area contributed by atoms with Gasteiger partial charge in [-0.05, 0) is 29.5 Å². The quantitative estimate of drug-likeness (QED) is 0.739. The van der Waals surface area contributed by atoms with Gasteiger partial charge in [0.25, 0.3) is 0 Å². The first-order valence-corrected chi connectivity index (χ1v) is 8.73. The number of nitrogens with one attached hydrogen (secondary N) is 1. The Morgan fingerprint density at radius 1 is 1.19 bits per heavy atom. The maximum atomic E-state index is 12.3. The number of carbonyl (C=O) groups excluding carboxylic acids is 1. The van der Waals surface area contributed by atoms with Crippen molar-refractivity contribution in [1.29, 1.82) is 0 Å². The lowest BCUT2D eigenvalue weighted by molar-refractivity contribution is -0.154. The average Bonchev–Trinajstić information content (AvgIpc) is 2.63. The number of halogens is 3. The molecular formula is C20H23F3N2O2. The van der Waals surface area contributed by atoms with Crippen LogP contribution in [0.3, 0.4) is 0 Å². The second kappa shape index (κ2) is 9.39. The Labute approximate surface area is 156 Å². The lowest BCUT2D eigenvalue weighted by Crippen LogP contribution is -2.24. The van der Waals surface area contributed by atoms with E-state index in [1.54, 1.807) is 12.1 Å². The van der Waals surface area contributed by atoms with Crippen molar-refractivity contribution in [1.82, 2.24) is 10.3 Å². The number of pyridine rings is 1. The van der Waals surface area contributed by atoms with Gasteiger partial charge in [0.1, 0.15) is 0 Å². The molecule has 0 radical (unpaired) electrons. The number of rotatable bonds is 8. The fourth-order valence-electron chi connectivity index (χ4n) is 2.45. The van der Waals surface area contributed by atoms with E-state index in [-0.39, 0.29) is 18.3 Å². The minimum absolute atomic E-state index is 0.0617. The monoisotopic (exact) mass is 380 g/mol. The molecule has 1 amide bonds. The lowest BCUT2D eigenvalue weighted by Gasteiger charge is -2.12. The molecule has 0 aliphatic carbocycles. The van der Waals surface area contributed by atoms with Crippen molar-refractivity contribution in [2.45, 2.75) is 45.3 Å². The molecule has 2 aromatic rings. The molecule has 27 heavy (non-hydrogen) atoms. The zero-order chi connectivity index (χ0) is 19.9. The van der Waals surface area contributed by atoms with Crippen molar-refractivity contribution in [2.75, 3.05) is 6.61 Å². The minimum atomic E-state index is -4.44. The predicted octanol–water partition coefficient (Wildman–Crippen LogP) is 4.40. The van der Waals surface area contributed by atoms with Crippen LogP contribution in [0.2, 0.25) is 0 Å². The molecule has 1 aromatic carbocycles. The SMILES string of the molecule is CC(C)c1ccc(CCC(=O)NCc2cccnc2OCC(F)(F)F)cc1. The highest BCUT2D eigenvalue weighted by atomic mass is 19.4. The third-order valence-corrected chi connectivity index (χ3v) is 3.99. The van der Waals surface area contributed by atoms with Gasteiger partial charge in [0, 0.05) is 24.7 Å². The smallest absolute Gasteiger partial charge is 0.422 e. The van der Waals surface area contributed by atoms with E-state index < -0.39 is 12.8 Å². The summed E-state index contributed by atoms with van der Waals surface area (Å²) in [4.78, 5) is 15.8. The number of amides is 1. The van der Waals surface area contributed by atoms with Crippen LogP contribution < -0.4 is 10.1 Å². The molecule has 4 nitrogen and oxygen atoms in total. The molecule has 1 N–H and O–H groups in total. The summed E-state index contributed by atoms with van der Waals surface area (Å²) in [6.45, 7) is 2.88. The first kappa shape index (κ1) is 20.7. The molecule has 2 rings (SSSR count). The summed E-state index contributed by atoms with van der Waals surface area (Å²) in [6, 6.07) is 11.3. The van der Waals surface area contributed by atoms with Crippen molar-refractivity contribution < 1.29 is 22.7 Å². The zero-order valence-corrected chi connectivity index (χ0v) is 15.3. The van der Waals surface area contributed by atoms with Crippen LogP contribution in [0.4, 0.5) is 13.2 Å². The second-order valence-electron chi connectivity index (χ2n) is 6.54. The Hall–Kier alpha value is -2.57. The number of aromatic nitrogens is 1. The van der Waals surface area contributed by atoms with E-state index in [0.29, 0.717) is 24.3 Å². The minimum Gasteiger partial charge on any atom is -0.468 e. The number of carbonyl (C=O) groups is 1. The van der Waals surface area contributed by atoms with Crippen molar-refractivity contribution in [3.63, 3.8) is 0 Å². The summed E-state index contributed by atoms with van der Waals surface area (Å²) >= 11 is 0. The van der Waals surface area contributed by atoms with Crippen LogP contribution in [0.15, 0.2) is 42.6 Å². The van der Waals surface area contributed by atoms with Gasteiger partial charge in [0.15, 0.2) is 6.61 Å². The highest BCUT2D eigenvalue weighted by Crippen LogP contribution is 2.20. The fraction of sp³-hybridized carbons (Fsp3) is 0.400. The molecular weight excluding hydrogens is 357 g/mol. The average molecular weight is 380 g/mol. The van der Waals surface area contributed by atoms with Gasteiger partial charge in [-0.2, -0.15) is 13.2 Å². The molecule has 1 heterocycles. The van der Waals surface area contributed by atoms with Crippen LogP contribution in [-0.4, -0.2) is 23.7 Å². The molecule has 0 atom stereocenters. The van der Waals surface area contributed by atoms with E-state index in [9.17, 15) is 18.0 Å². The van der Waals surface area contributed by atoms with Gasteiger partial charge in [0.2, 0.25) is 11.8 Å². The number of hydrogen-bond acceptors (Lipinski definition) is 3. The van der Waals surface area contributed by atoms with E-state index >= 15 is 0 Å². The van der Waals surface area contributed by atoms with Gasteiger partial charge < -0.3 is 10.1 Å². The molecule has 0 bridgehead atoms. The van der Waals surface area contributed by atoms with Crippen molar-refractivity contribution in [3.8, 4) is 5.88 Å². The number of hydrogen-bond donors (Lipinski definition) is 1. The highest BCUT2D eigenvalue weighted by molar-refractivity contribution is 5.76. The van der Waals surface area contributed by atoms with Gasteiger partial charge in [-0.25, -0.2) is 4.98 Å². The van der Waals surface area contributed by atoms with Crippen molar-refractivity contribution >= 4 is 5.91 Å². The van der Waals surface area contributed by atoms with E-state index in [4.69, 9.17) is 4.74 Å². The first-order chi connectivity index (χ1) is 12.7. The van der Waals surface area contributed by atoms with Crippen LogP contribution in [0.25, 0.3) is 0 Å². The maximum Gasteiger partial charge on any atom is 0.422 e. The van der Waals surface area contributed by atoms with Crippen LogP contribution >= 0.6 is 0 Å². The van der Waals surface area contributed by atoms with E-state index in [1.165, 1.54) is 11.8 Å². The first-order valence-electron chi connectivity index (χ1n) is 8.73. The predicted molar refractivity (Wildman–Crippen MR) is 96.5 cm³/mol. The third-order valence-electron chi connectivity index (χ3n) is 3.99. The van der Waals surface area contributed by atoms with Crippen LogP contribution in [0.5, 0.6) is 5.88 Å². The molecule has 1 aromatic heterocycles. The summed E-state index contributed by atoms with van der Waals surface area (Å²) in [5.74, 6) is 0.142. The molecule has 0 unspecified atom stereocenters. The topological polar surface area (TPSA) is 51.2 Å². The highest BCUT2D eigenvalue weighted by Gasteiger charge is 2.29. The fourth-order valence-corrected chi connectivity index (χ4v) is 2.45. The van der Waals surface area contributed by atoms with Crippen LogP contribution in [0, 0.1) is 0 Å². The van der Waals surface area contributed by atoms with E-state index in [2.05, 4.69) is 36.3 Å². The molecule has 0 saturated heterocycles. The van der Waals surface area contributed by atoms with Crippen molar-refractivity contribution in [3.05, 3.63) is 59.3 Å². The summed E-state index contributed by atoms with van der Waals surface area (Å²) in [5, 5.41) is 2.70. The largest absolute Gasteiger partial charge is 0.468 e. The van der Waals surface area contributed by atoms with E-state index in [0.717, 1.165) is 5.56 Å². The van der Waals surface area contributed by atoms with Crippen molar-refractivity contribution in [2.24, 2.45) is 0 Å². The maximum absolute atomic E-state index is 12.3. The second-order valence-corrected chi connectivity index (χ2v) is 6.54. The van der Waals surface area contributed by atoms with E-state index in [1.807, 2.05) is 12.1 Å². The Bertz CT molecular complexity index is 744. The van der Waals surface area contributed by atoms with Gasteiger partial charge in [-0.3, -0.25) is 4.79 Å². The molecule has 7 heteroatoms. The molecule has 0 saturated carbocycles. The number of nitrogens with zero attached hydrogens (tertiary/aromatic N) is 1. The Morgan fingerprint density at radius 2 is 1.89 bits per heavy atom. The molecule has 0 spiro atoms. The Kier molecular flexibility index (Phi) is 7.21. The summed E-state index contributed by atoms with van der Waals surface area (Å²) in [7, 11) is 0. The summed E-state index contributed by atoms with van der Waals surface area (Å²) < 4.78 is 41.6. The number of aryl methyl sites for hydroxylation is 1. The summed E-state index contributed by atoms with van der Waals surface area (Å²) in [5.41, 5.74) is 2.70. The number of alkyl halides is 3.